The summed E-state index contributed by atoms with van der Waals surface area (Å²) in [6, 6.07) is 6.79. The number of amides is 3. The Labute approximate surface area is 162 Å². The van der Waals surface area contributed by atoms with Crippen LogP contribution in [-0.4, -0.2) is 44.7 Å². The number of nitrogens with one attached hydrogen (secondary N) is 1. The second-order valence-corrected chi connectivity index (χ2v) is 7.32. The molecule has 0 fully saturated rings. The standard InChI is InChI=1S/C20H22N4O4/c1-20(2,3)28-19(27)22-14-12-21-23(13-14)10-6-7-11-24-17(25)15-8-4-5-9-16(15)18(24)26/h4-9,12-13H,10-11H2,1-3H3,(H,22,27)/b7-6+. The van der Waals surface area contributed by atoms with Gasteiger partial charge < -0.3 is 4.74 Å². The first-order valence-corrected chi connectivity index (χ1v) is 8.87. The number of carbonyl (C=O) groups is 3. The summed E-state index contributed by atoms with van der Waals surface area (Å²) in [7, 11) is 0. The zero-order valence-corrected chi connectivity index (χ0v) is 16.0. The zero-order valence-electron chi connectivity index (χ0n) is 16.0. The van der Waals surface area contributed by atoms with Crippen molar-refractivity contribution in [2.45, 2.75) is 32.9 Å². The van der Waals surface area contributed by atoms with Gasteiger partial charge in [0.2, 0.25) is 0 Å². The number of hydrogen-bond donors (Lipinski definition) is 1. The average Bonchev–Trinajstić information content (AvgIpc) is 3.15. The molecule has 1 N–H and O–H groups in total. The van der Waals surface area contributed by atoms with Gasteiger partial charge >= 0.3 is 6.09 Å². The lowest BCUT2D eigenvalue weighted by molar-refractivity contribution is 0.0631. The van der Waals surface area contributed by atoms with Gasteiger partial charge in [-0.1, -0.05) is 24.3 Å². The lowest BCUT2D eigenvalue weighted by Crippen LogP contribution is -2.29. The molecule has 3 amide bonds. The van der Waals surface area contributed by atoms with Crippen LogP contribution >= 0.6 is 0 Å². The fraction of sp³-hybridized carbons (Fsp3) is 0.300. The Morgan fingerprint density at radius 2 is 1.71 bits per heavy atom. The minimum atomic E-state index is -0.576. The van der Waals surface area contributed by atoms with E-state index < -0.39 is 11.7 Å². The topological polar surface area (TPSA) is 93.5 Å². The van der Waals surface area contributed by atoms with Crippen LogP contribution in [0.25, 0.3) is 0 Å². The molecular weight excluding hydrogens is 360 g/mol. The maximum atomic E-state index is 12.3. The smallest absolute Gasteiger partial charge is 0.412 e. The molecule has 2 aromatic rings. The highest BCUT2D eigenvalue weighted by Crippen LogP contribution is 2.22. The van der Waals surface area contributed by atoms with Crippen LogP contribution in [0.15, 0.2) is 48.8 Å². The second-order valence-electron chi connectivity index (χ2n) is 7.32. The number of ether oxygens (including phenoxy) is 1. The van der Waals surface area contributed by atoms with Crippen LogP contribution in [0.1, 0.15) is 41.5 Å². The molecule has 0 bridgehead atoms. The van der Waals surface area contributed by atoms with Crippen LogP contribution in [0.2, 0.25) is 0 Å². The van der Waals surface area contributed by atoms with Crippen molar-refractivity contribution in [1.29, 1.82) is 0 Å². The second kappa shape index (κ2) is 7.67. The Hall–Kier alpha value is -3.42. The van der Waals surface area contributed by atoms with Crippen LogP contribution in [0.3, 0.4) is 0 Å². The monoisotopic (exact) mass is 382 g/mol. The maximum absolute atomic E-state index is 12.3. The average molecular weight is 382 g/mol. The van der Waals surface area contributed by atoms with E-state index in [9.17, 15) is 14.4 Å². The molecule has 0 spiro atoms. The normalized spacial score (nSPS) is 13.9. The third-order valence-corrected chi connectivity index (χ3v) is 3.90. The van der Waals surface area contributed by atoms with E-state index in [1.54, 1.807) is 68.1 Å². The Bertz CT molecular complexity index is 905. The summed E-state index contributed by atoms with van der Waals surface area (Å²) in [5.41, 5.74) is 0.812. The number of hydrogen-bond acceptors (Lipinski definition) is 5. The van der Waals surface area contributed by atoms with E-state index >= 15 is 0 Å². The van der Waals surface area contributed by atoms with E-state index in [2.05, 4.69) is 10.4 Å². The molecule has 0 saturated heterocycles. The summed E-state index contributed by atoms with van der Waals surface area (Å²) >= 11 is 0. The molecule has 0 radical (unpaired) electrons. The minimum absolute atomic E-state index is 0.191. The molecule has 0 saturated carbocycles. The van der Waals surface area contributed by atoms with Gasteiger partial charge in [0.05, 0.1) is 29.6 Å². The predicted molar refractivity (Wildman–Crippen MR) is 103 cm³/mol. The molecule has 8 nitrogen and oxygen atoms in total. The number of aromatic nitrogens is 2. The highest BCUT2D eigenvalue weighted by atomic mass is 16.6. The molecule has 146 valence electrons. The van der Waals surface area contributed by atoms with Crippen molar-refractivity contribution >= 4 is 23.6 Å². The van der Waals surface area contributed by atoms with Gasteiger partial charge in [-0.3, -0.25) is 24.5 Å². The number of imide groups is 1. The van der Waals surface area contributed by atoms with Gasteiger partial charge in [-0.15, -0.1) is 0 Å². The Morgan fingerprint density at radius 1 is 1.11 bits per heavy atom. The molecular formula is C20H22N4O4. The third kappa shape index (κ3) is 4.46. The molecule has 1 aromatic carbocycles. The minimum Gasteiger partial charge on any atom is -0.444 e. The summed E-state index contributed by atoms with van der Waals surface area (Å²) in [5.74, 6) is -0.568. The van der Waals surface area contributed by atoms with Crippen LogP contribution in [0.5, 0.6) is 0 Å². The van der Waals surface area contributed by atoms with Crippen LogP contribution in [0, 0.1) is 0 Å². The van der Waals surface area contributed by atoms with Crippen molar-refractivity contribution < 1.29 is 19.1 Å². The van der Waals surface area contributed by atoms with Crippen molar-refractivity contribution in [3.8, 4) is 0 Å². The van der Waals surface area contributed by atoms with Crippen molar-refractivity contribution in [3.63, 3.8) is 0 Å². The molecule has 28 heavy (non-hydrogen) atoms. The number of benzene rings is 1. The van der Waals surface area contributed by atoms with Crippen molar-refractivity contribution in [1.82, 2.24) is 14.7 Å². The Morgan fingerprint density at radius 3 is 2.32 bits per heavy atom. The largest absolute Gasteiger partial charge is 0.444 e. The van der Waals surface area contributed by atoms with Gasteiger partial charge in [-0.05, 0) is 32.9 Å². The van der Waals surface area contributed by atoms with Crippen LogP contribution < -0.4 is 5.32 Å². The van der Waals surface area contributed by atoms with E-state index in [1.807, 2.05) is 0 Å². The van der Waals surface area contributed by atoms with E-state index in [1.165, 1.54) is 11.1 Å². The van der Waals surface area contributed by atoms with Crippen LogP contribution in [0.4, 0.5) is 10.5 Å². The zero-order chi connectivity index (χ0) is 20.3. The number of rotatable bonds is 5. The molecule has 2 heterocycles. The fourth-order valence-electron chi connectivity index (χ4n) is 2.72. The van der Waals surface area contributed by atoms with Gasteiger partial charge in [-0.2, -0.15) is 5.10 Å². The summed E-state index contributed by atoms with van der Waals surface area (Å²) in [4.78, 5) is 37.5. The van der Waals surface area contributed by atoms with E-state index in [4.69, 9.17) is 4.74 Å². The molecule has 0 atom stereocenters. The van der Waals surface area contributed by atoms with Gasteiger partial charge in [0, 0.05) is 12.7 Å². The van der Waals surface area contributed by atoms with Gasteiger partial charge in [-0.25, -0.2) is 4.79 Å². The third-order valence-electron chi connectivity index (χ3n) is 3.90. The summed E-state index contributed by atoms with van der Waals surface area (Å²) in [5, 5.41) is 6.75. The molecule has 3 rings (SSSR count). The quantitative estimate of drug-likeness (QED) is 0.634. The van der Waals surface area contributed by atoms with Crippen molar-refractivity contribution in [2.75, 3.05) is 11.9 Å². The summed E-state index contributed by atoms with van der Waals surface area (Å²) in [6.45, 7) is 5.98. The number of fused-ring (bicyclic) bond motifs is 1. The molecule has 1 aromatic heterocycles. The first-order chi connectivity index (χ1) is 13.2. The number of carbonyl (C=O) groups excluding carboxylic acids is 3. The van der Waals surface area contributed by atoms with Gasteiger partial charge in [0.25, 0.3) is 11.8 Å². The molecule has 0 aliphatic carbocycles. The lowest BCUT2D eigenvalue weighted by Gasteiger charge is -2.19. The van der Waals surface area contributed by atoms with Gasteiger partial charge in [0.15, 0.2) is 0 Å². The Balaban J connectivity index is 1.51. The highest BCUT2D eigenvalue weighted by Gasteiger charge is 2.34. The first kappa shape index (κ1) is 19.3. The first-order valence-electron chi connectivity index (χ1n) is 8.87. The number of nitrogens with zero attached hydrogens (tertiary/aromatic N) is 3. The fourth-order valence-corrected chi connectivity index (χ4v) is 2.72. The number of anilines is 1. The van der Waals surface area contributed by atoms with Gasteiger partial charge in [0.1, 0.15) is 5.60 Å². The van der Waals surface area contributed by atoms with Crippen molar-refractivity contribution in [3.05, 3.63) is 59.9 Å². The van der Waals surface area contributed by atoms with Crippen LogP contribution in [-0.2, 0) is 11.3 Å². The predicted octanol–water partition coefficient (Wildman–Crippen LogP) is 3.08. The van der Waals surface area contributed by atoms with E-state index in [-0.39, 0.29) is 18.4 Å². The van der Waals surface area contributed by atoms with E-state index in [0.29, 0.717) is 23.4 Å². The summed E-state index contributed by atoms with van der Waals surface area (Å²) < 4.78 is 6.80. The molecule has 1 aliphatic rings. The molecule has 0 unspecified atom stereocenters. The summed E-state index contributed by atoms with van der Waals surface area (Å²) in [6.07, 6.45) is 6.17. The molecule has 8 heteroatoms. The lowest BCUT2D eigenvalue weighted by atomic mass is 10.1. The highest BCUT2D eigenvalue weighted by molar-refractivity contribution is 6.21. The molecule has 1 aliphatic heterocycles. The van der Waals surface area contributed by atoms with Crippen molar-refractivity contribution in [2.24, 2.45) is 0 Å². The Kier molecular flexibility index (Phi) is 5.30. The SMILES string of the molecule is CC(C)(C)OC(=O)Nc1cnn(C/C=C/CN2C(=O)c3ccccc3C2=O)c1. The van der Waals surface area contributed by atoms with E-state index in [0.717, 1.165) is 0 Å². The maximum Gasteiger partial charge on any atom is 0.412 e. The number of allylic oxidation sites excluding steroid dienone is 1.